The van der Waals surface area contributed by atoms with Crippen molar-refractivity contribution >= 4 is 30.9 Å². The van der Waals surface area contributed by atoms with Crippen molar-refractivity contribution in [2.24, 2.45) is 5.73 Å². The molecule has 0 fully saturated rings. The van der Waals surface area contributed by atoms with Crippen molar-refractivity contribution in [3.05, 3.63) is 58.7 Å². The number of nitrogens with two attached hydrogens (primary N) is 1. The summed E-state index contributed by atoms with van der Waals surface area (Å²) in [5.41, 5.74) is 6.97. The number of benzene rings is 2. The van der Waals surface area contributed by atoms with Crippen LogP contribution in [0.2, 0.25) is 19.6 Å². The minimum atomic E-state index is -2.25. The van der Waals surface area contributed by atoms with Crippen LogP contribution in [-0.4, -0.2) is 44.2 Å². The van der Waals surface area contributed by atoms with E-state index in [-0.39, 0.29) is 48.1 Å². The zero-order chi connectivity index (χ0) is 25.9. The number of ketones is 1. The number of hydrogen-bond acceptors (Lipinski definition) is 4. The lowest BCUT2D eigenvalue weighted by Crippen LogP contribution is -2.44. The summed E-state index contributed by atoms with van der Waals surface area (Å²) < 4.78 is 34.9. The highest BCUT2D eigenvalue weighted by molar-refractivity contribution is 6.88. The van der Waals surface area contributed by atoms with E-state index in [1.54, 1.807) is 19.2 Å². The van der Waals surface area contributed by atoms with Gasteiger partial charge in [0.2, 0.25) is 11.8 Å². The third kappa shape index (κ3) is 6.14. The minimum absolute atomic E-state index is 0.0758. The number of fused-ring (bicyclic) bond motifs is 1. The number of carbonyl (C=O) groups is 3. The SMILES string of the molecule is COc1ccc2c(c1)CCN(C(=O)CCCC(N)=O)[C@H]2C(=O)Cc1cc(F)c([Si](C)(C)C)c(F)c1. The van der Waals surface area contributed by atoms with Crippen molar-refractivity contribution in [2.75, 3.05) is 13.7 Å². The van der Waals surface area contributed by atoms with Crippen molar-refractivity contribution in [2.45, 2.75) is 57.8 Å². The summed E-state index contributed by atoms with van der Waals surface area (Å²) in [5, 5.41) is 0.107. The lowest BCUT2D eigenvalue weighted by molar-refractivity contribution is -0.140. The van der Waals surface area contributed by atoms with Gasteiger partial charge in [-0.25, -0.2) is 8.78 Å². The van der Waals surface area contributed by atoms with Gasteiger partial charge >= 0.3 is 0 Å². The Morgan fingerprint density at radius 3 is 2.31 bits per heavy atom. The van der Waals surface area contributed by atoms with E-state index < -0.39 is 31.7 Å². The second-order valence-corrected chi connectivity index (χ2v) is 15.0. The molecule has 0 saturated heterocycles. The molecule has 1 heterocycles. The molecule has 1 aliphatic heterocycles. The maximum absolute atomic E-state index is 14.8. The van der Waals surface area contributed by atoms with E-state index in [1.807, 2.05) is 25.7 Å². The van der Waals surface area contributed by atoms with Crippen LogP contribution in [0.5, 0.6) is 5.75 Å². The number of halogens is 2. The molecule has 2 N–H and O–H groups in total. The molecule has 2 amide bonds. The number of amides is 2. The molecule has 0 radical (unpaired) electrons. The molecule has 1 aliphatic rings. The molecule has 0 aromatic heterocycles. The monoisotopic (exact) mass is 502 g/mol. The largest absolute Gasteiger partial charge is 0.497 e. The average molecular weight is 503 g/mol. The number of Topliss-reactive ketones (excluding diaryl/α,β-unsaturated/α-hetero) is 1. The van der Waals surface area contributed by atoms with Gasteiger partial charge in [0, 0.05) is 31.0 Å². The zero-order valence-electron chi connectivity index (χ0n) is 20.6. The Kier molecular flexibility index (Phi) is 8.10. The molecule has 0 spiro atoms. The van der Waals surface area contributed by atoms with Gasteiger partial charge in [-0.2, -0.15) is 0 Å². The molecule has 3 rings (SSSR count). The van der Waals surface area contributed by atoms with Crippen LogP contribution in [0.3, 0.4) is 0 Å². The second-order valence-electron chi connectivity index (χ2n) is 9.95. The molecule has 0 saturated carbocycles. The first-order valence-electron chi connectivity index (χ1n) is 11.7. The number of nitrogens with zero attached hydrogens (tertiary/aromatic N) is 1. The lowest BCUT2D eigenvalue weighted by Gasteiger charge is -2.37. The van der Waals surface area contributed by atoms with E-state index in [9.17, 15) is 23.2 Å². The van der Waals surface area contributed by atoms with Gasteiger partial charge in [0.1, 0.15) is 23.4 Å². The van der Waals surface area contributed by atoms with Crippen LogP contribution in [-0.2, 0) is 27.2 Å². The summed E-state index contributed by atoms with van der Waals surface area (Å²) in [6.45, 7) is 5.88. The Balaban J connectivity index is 1.93. The van der Waals surface area contributed by atoms with E-state index in [4.69, 9.17) is 10.5 Å². The number of carbonyl (C=O) groups excluding carboxylic acids is 3. The van der Waals surface area contributed by atoms with Crippen molar-refractivity contribution in [3.8, 4) is 5.75 Å². The maximum atomic E-state index is 14.8. The van der Waals surface area contributed by atoms with Crippen LogP contribution in [0.4, 0.5) is 8.78 Å². The van der Waals surface area contributed by atoms with Crippen LogP contribution in [0, 0.1) is 11.6 Å². The number of methoxy groups -OCH3 is 1. The number of hydrogen-bond donors (Lipinski definition) is 1. The van der Waals surface area contributed by atoms with Gasteiger partial charge in [-0.1, -0.05) is 25.7 Å². The highest BCUT2D eigenvalue weighted by Gasteiger charge is 2.36. The molecule has 2 aromatic carbocycles. The highest BCUT2D eigenvalue weighted by atomic mass is 28.3. The predicted octanol–water partition coefficient (Wildman–Crippen LogP) is 3.41. The first-order valence-corrected chi connectivity index (χ1v) is 15.2. The lowest BCUT2D eigenvalue weighted by atomic mass is 9.87. The van der Waals surface area contributed by atoms with Crippen molar-refractivity contribution in [1.29, 1.82) is 0 Å². The predicted molar refractivity (Wildman–Crippen MR) is 132 cm³/mol. The van der Waals surface area contributed by atoms with Crippen molar-refractivity contribution in [1.82, 2.24) is 4.90 Å². The molecule has 188 valence electrons. The fourth-order valence-electron chi connectivity index (χ4n) is 4.65. The zero-order valence-corrected chi connectivity index (χ0v) is 21.6. The number of primary amides is 1. The number of rotatable bonds is 9. The number of ether oxygens (including phenoxy) is 1. The molecule has 0 bridgehead atoms. The third-order valence-corrected chi connectivity index (χ3v) is 8.23. The van der Waals surface area contributed by atoms with E-state index in [2.05, 4.69) is 0 Å². The van der Waals surface area contributed by atoms with E-state index in [1.165, 1.54) is 17.0 Å². The molecule has 6 nitrogen and oxygen atoms in total. The fraction of sp³-hybridized carbons (Fsp3) is 0.423. The quantitative estimate of drug-likeness (QED) is 0.532. The Labute approximate surface area is 205 Å². The molecule has 35 heavy (non-hydrogen) atoms. The Morgan fingerprint density at radius 1 is 1.09 bits per heavy atom. The Morgan fingerprint density at radius 2 is 1.74 bits per heavy atom. The average Bonchev–Trinajstić information content (AvgIpc) is 2.75. The Hall–Kier alpha value is -3.07. The van der Waals surface area contributed by atoms with Crippen molar-refractivity contribution < 1.29 is 27.9 Å². The smallest absolute Gasteiger partial charge is 0.223 e. The molecule has 2 aromatic rings. The van der Waals surface area contributed by atoms with Gasteiger partial charge in [0.15, 0.2) is 5.78 Å². The summed E-state index contributed by atoms with van der Waals surface area (Å²) in [6.07, 6.45) is 0.753. The summed E-state index contributed by atoms with van der Waals surface area (Å²) in [6, 6.07) is 6.88. The molecular weight excluding hydrogens is 470 g/mol. The minimum Gasteiger partial charge on any atom is -0.497 e. The summed E-state index contributed by atoms with van der Waals surface area (Å²) in [5.74, 6) is -1.73. The van der Waals surface area contributed by atoms with Gasteiger partial charge in [-0.15, -0.1) is 0 Å². The van der Waals surface area contributed by atoms with E-state index in [0.717, 1.165) is 5.56 Å². The highest BCUT2D eigenvalue weighted by Crippen LogP contribution is 2.34. The summed E-state index contributed by atoms with van der Waals surface area (Å²) >= 11 is 0. The summed E-state index contributed by atoms with van der Waals surface area (Å²) in [4.78, 5) is 39.1. The molecule has 1 atom stereocenters. The third-order valence-electron chi connectivity index (χ3n) is 6.25. The normalized spacial score (nSPS) is 15.5. The molecular formula is C26H32F2N2O4Si. The first kappa shape index (κ1) is 26.5. The second kappa shape index (κ2) is 10.7. The van der Waals surface area contributed by atoms with Crippen LogP contribution < -0.4 is 15.7 Å². The van der Waals surface area contributed by atoms with Crippen molar-refractivity contribution in [3.63, 3.8) is 0 Å². The standard InChI is InChI=1S/C26H32F2N2O4Si/c1-34-18-8-9-19-17(15-18)10-11-30(24(33)7-5-6-23(29)32)25(19)22(31)14-16-12-20(27)26(21(28)13-16)35(2,3)4/h8-9,12-13,15,25H,5-7,10-11,14H2,1-4H3,(H2,29,32)/t25-/m1/s1. The van der Waals surface area contributed by atoms with E-state index in [0.29, 0.717) is 24.3 Å². The first-order chi connectivity index (χ1) is 16.4. The van der Waals surface area contributed by atoms with Crippen LogP contribution in [0.15, 0.2) is 30.3 Å². The fourth-order valence-corrected chi connectivity index (χ4v) is 6.22. The topological polar surface area (TPSA) is 89.7 Å². The maximum Gasteiger partial charge on any atom is 0.223 e. The van der Waals surface area contributed by atoms with Crippen LogP contribution in [0.25, 0.3) is 0 Å². The Bertz CT molecular complexity index is 1120. The van der Waals surface area contributed by atoms with Gasteiger partial charge in [-0.05, 0) is 53.8 Å². The van der Waals surface area contributed by atoms with Gasteiger partial charge < -0.3 is 15.4 Å². The summed E-state index contributed by atoms with van der Waals surface area (Å²) in [7, 11) is -0.703. The molecule has 0 aliphatic carbocycles. The van der Waals surface area contributed by atoms with Crippen LogP contribution >= 0.6 is 0 Å². The molecule has 9 heteroatoms. The van der Waals surface area contributed by atoms with Gasteiger partial charge in [0.25, 0.3) is 0 Å². The van der Waals surface area contributed by atoms with Gasteiger partial charge in [-0.3, -0.25) is 14.4 Å². The van der Waals surface area contributed by atoms with Crippen LogP contribution in [0.1, 0.15) is 42.0 Å². The van der Waals surface area contributed by atoms with E-state index >= 15 is 0 Å². The van der Waals surface area contributed by atoms with Gasteiger partial charge in [0.05, 0.1) is 15.2 Å². The molecule has 0 unspecified atom stereocenters.